The lowest BCUT2D eigenvalue weighted by atomic mass is 9.95. The van der Waals surface area contributed by atoms with Crippen molar-refractivity contribution in [1.29, 1.82) is 5.26 Å². The lowest BCUT2D eigenvalue weighted by Gasteiger charge is -2.13. The second-order valence-corrected chi connectivity index (χ2v) is 5.08. The van der Waals surface area contributed by atoms with Crippen molar-refractivity contribution in [3.8, 4) is 6.07 Å². The Morgan fingerprint density at radius 1 is 1.30 bits per heavy atom. The van der Waals surface area contributed by atoms with Crippen LogP contribution in [0.2, 0.25) is 0 Å². The van der Waals surface area contributed by atoms with Gasteiger partial charge in [-0.3, -0.25) is 0 Å². The van der Waals surface area contributed by atoms with Gasteiger partial charge in [-0.1, -0.05) is 0 Å². The van der Waals surface area contributed by atoms with Crippen LogP contribution in [-0.4, -0.2) is 19.6 Å². The highest BCUT2D eigenvalue weighted by Gasteiger charge is 2.17. The molecule has 0 saturated carbocycles. The van der Waals surface area contributed by atoms with Gasteiger partial charge < -0.3 is 5.73 Å². The monoisotopic (exact) mass is 264 g/mol. The summed E-state index contributed by atoms with van der Waals surface area (Å²) >= 11 is 0. The summed E-state index contributed by atoms with van der Waals surface area (Å²) in [4.78, 5) is 8.95. The van der Waals surface area contributed by atoms with Gasteiger partial charge >= 0.3 is 0 Å². The third-order valence-corrected chi connectivity index (χ3v) is 3.86. The van der Waals surface area contributed by atoms with E-state index in [0.717, 1.165) is 23.9 Å². The molecule has 0 unspecified atom stereocenters. The molecule has 0 spiro atoms. The number of nitrogens with two attached hydrogens (primary N) is 1. The highest BCUT2D eigenvalue weighted by molar-refractivity contribution is 5.91. The molecule has 3 heterocycles. The van der Waals surface area contributed by atoms with E-state index in [1.165, 1.54) is 29.1 Å². The van der Waals surface area contributed by atoms with Crippen LogP contribution in [0.4, 0.5) is 5.82 Å². The molecule has 98 valence electrons. The number of rotatable bonds is 0. The highest BCUT2D eigenvalue weighted by Crippen LogP contribution is 2.26. The number of anilines is 1. The van der Waals surface area contributed by atoms with Gasteiger partial charge in [0.2, 0.25) is 0 Å². The molecule has 4 rings (SSSR count). The molecule has 20 heavy (non-hydrogen) atoms. The van der Waals surface area contributed by atoms with Gasteiger partial charge in [-0.25, -0.2) is 9.97 Å². The van der Waals surface area contributed by atoms with Gasteiger partial charge in [0.1, 0.15) is 17.5 Å². The largest absolute Gasteiger partial charge is 0.382 e. The van der Waals surface area contributed by atoms with Gasteiger partial charge in [0.15, 0.2) is 11.3 Å². The minimum atomic E-state index is 0.313. The SMILES string of the molecule is N#Cc1cnc2c3cc4c(nc3nn2c1N)CCCC4. The number of aryl methyl sites for hydroxylation is 2. The third-order valence-electron chi connectivity index (χ3n) is 3.86. The van der Waals surface area contributed by atoms with Crippen molar-refractivity contribution in [2.45, 2.75) is 25.7 Å². The fourth-order valence-corrected chi connectivity index (χ4v) is 2.80. The molecule has 6 nitrogen and oxygen atoms in total. The molecule has 0 atom stereocenters. The predicted molar refractivity (Wildman–Crippen MR) is 74.1 cm³/mol. The number of aromatic nitrogens is 4. The fraction of sp³-hybridized carbons (Fsp3) is 0.286. The zero-order valence-corrected chi connectivity index (χ0v) is 10.8. The van der Waals surface area contributed by atoms with E-state index in [2.05, 4.69) is 21.1 Å². The topological polar surface area (TPSA) is 92.9 Å². The Bertz CT molecular complexity index is 886. The van der Waals surface area contributed by atoms with Gasteiger partial charge in [0, 0.05) is 5.69 Å². The van der Waals surface area contributed by atoms with Crippen molar-refractivity contribution in [2.24, 2.45) is 0 Å². The minimum Gasteiger partial charge on any atom is -0.382 e. The Kier molecular flexibility index (Phi) is 2.18. The molecular weight excluding hydrogens is 252 g/mol. The summed E-state index contributed by atoms with van der Waals surface area (Å²) in [5.41, 5.74) is 10.0. The fourth-order valence-electron chi connectivity index (χ4n) is 2.80. The zero-order chi connectivity index (χ0) is 13.7. The molecule has 1 aliphatic rings. The number of nitriles is 1. The molecule has 3 aromatic heterocycles. The number of pyridine rings is 1. The Labute approximate surface area is 114 Å². The summed E-state index contributed by atoms with van der Waals surface area (Å²) in [6.07, 6.45) is 5.93. The van der Waals surface area contributed by atoms with Crippen molar-refractivity contribution in [2.75, 3.05) is 5.73 Å². The molecule has 1 aliphatic carbocycles. The standard InChI is InChI=1S/C14H12N6/c15-6-9-7-17-14-10-5-8-3-1-2-4-11(8)18-13(10)19-20(14)12(9)16/h5,7H,1-4,16H2. The van der Waals surface area contributed by atoms with Crippen LogP contribution in [-0.2, 0) is 12.8 Å². The molecule has 0 saturated heterocycles. The van der Waals surface area contributed by atoms with Crippen LogP contribution in [0.5, 0.6) is 0 Å². The van der Waals surface area contributed by atoms with E-state index >= 15 is 0 Å². The average molecular weight is 264 g/mol. The number of hydrogen-bond acceptors (Lipinski definition) is 5. The van der Waals surface area contributed by atoms with E-state index < -0.39 is 0 Å². The van der Waals surface area contributed by atoms with Crippen molar-refractivity contribution < 1.29 is 0 Å². The second kappa shape index (κ2) is 3.90. The molecule has 3 aromatic rings. The third kappa shape index (κ3) is 1.40. The lowest BCUT2D eigenvalue weighted by Crippen LogP contribution is -2.04. The molecule has 0 amide bonds. The summed E-state index contributed by atoms with van der Waals surface area (Å²) in [5, 5.41) is 14.3. The summed E-state index contributed by atoms with van der Waals surface area (Å²) in [5.74, 6) is 0.313. The molecular formula is C14H12N6. The van der Waals surface area contributed by atoms with Crippen LogP contribution in [0, 0.1) is 11.3 Å². The number of nitrogens with zero attached hydrogens (tertiary/aromatic N) is 5. The van der Waals surface area contributed by atoms with Crippen molar-refractivity contribution >= 4 is 22.5 Å². The van der Waals surface area contributed by atoms with E-state index in [1.54, 1.807) is 0 Å². The average Bonchev–Trinajstić information content (AvgIpc) is 2.84. The van der Waals surface area contributed by atoms with Crippen LogP contribution < -0.4 is 5.73 Å². The molecule has 0 radical (unpaired) electrons. The Hall–Kier alpha value is -2.68. The molecule has 0 bridgehead atoms. The summed E-state index contributed by atoms with van der Waals surface area (Å²) in [6, 6.07) is 4.14. The zero-order valence-electron chi connectivity index (χ0n) is 10.8. The summed E-state index contributed by atoms with van der Waals surface area (Å²) < 4.78 is 1.52. The minimum absolute atomic E-state index is 0.313. The van der Waals surface area contributed by atoms with Crippen molar-refractivity contribution in [1.82, 2.24) is 19.6 Å². The predicted octanol–water partition coefficient (Wildman–Crippen LogP) is 1.61. The van der Waals surface area contributed by atoms with E-state index in [1.807, 2.05) is 6.07 Å². The smallest absolute Gasteiger partial charge is 0.184 e. The maximum Gasteiger partial charge on any atom is 0.184 e. The first kappa shape index (κ1) is 11.2. The van der Waals surface area contributed by atoms with Crippen LogP contribution in [0.15, 0.2) is 12.3 Å². The highest BCUT2D eigenvalue weighted by atomic mass is 15.3. The van der Waals surface area contributed by atoms with E-state index in [0.29, 0.717) is 22.7 Å². The van der Waals surface area contributed by atoms with E-state index in [4.69, 9.17) is 11.0 Å². The summed E-state index contributed by atoms with van der Waals surface area (Å²) in [6.45, 7) is 0. The van der Waals surface area contributed by atoms with Crippen LogP contribution >= 0.6 is 0 Å². The van der Waals surface area contributed by atoms with Gasteiger partial charge in [-0.15, -0.1) is 5.10 Å². The first-order valence-corrected chi connectivity index (χ1v) is 6.64. The van der Waals surface area contributed by atoms with Crippen LogP contribution in [0.25, 0.3) is 16.7 Å². The van der Waals surface area contributed by atoms with Crippen molar-refractivity contribution in [3.63, 3.8) is 0 Å². The van der Waals surface area contributed by atoms with Crippen LogP contribution in [0.3, 0.4) is 0 Å². The second-order valence-electron chi connectivity index (χ2n) is 5.08. The van der Waals surface area contributed by atoms with E-state index in [9.17, 15) is 0 Å². The summed E-state index contributed by atoms with van der Waals surface area (Å²) in [7, 11) is 0. The molecule has 0 aromatic carbocycles. The molecule has 0 aliphatic heterocycles. The normalized spacial score (nSPS) is 14.3. The quantitative estimate of drug-likeness (QED) is 0.665. The maximum atomic E-state index is 9.00. The first-order chi connectivity index (χ1) is 9.78. The molecule has 2 N–H and O–H groups in total. The van der Waals surface area contributed by atoms with Gasteiger partial charge in [0.05, 0.1) is 11.6 Å². The van der Waals surface area contributed by atoms with Gasteiger partial charge in [-0.05, 0) is 37.3 Å². The maximum absolute atomic E-state index is 9.00. The Morgan fingerprint density at radius 2 is 2.15 bits per heavy atom. The van der Waals surface area contributed by atoms with Crippen LogP contribution in [0.1, 0.15) is 29.7 Å². The number of nitrogen functional groups attached to an aromatic ring is 1. The number of hydrogen-bond donors (Lipinski definition) is 1. The molecule has 0 fully saturated rings. The first-order valence-electron chi connectivity index (χ1n) is 6.64. The Balaban J connectivity index is 2.10. The van der Waals surface area contributed by atoms with Gasteiger partial charge in [-0.2, -0.15) is 9.78 Å². The number of fused-ring (bicyclic) bond motifs is 4. The molecule has 6 heteroatoms. The Morgan fingerprint density at radius 3 is 3.00 bits per heavy atom. The van der Waals surface area contributed by atoms with Crippen molar-refractivity contribution in [3.05, 3.63) is 29.1 Å². The van der Waals surface area contributed by atoms with Gasteiger partial charge in [0.25, 0.3) is 0 Å². The lowest BCUT2D eigenvalue weighted by molar-refractivity contribution is 0.670. The van der Waals surface area contributed by atoms with E-state index in [-0.39, 0.29) is 0 Å².